The molecule has 0 saturated carbocycles. The van der Waals surface area contributed by atoms with E-state index in [4.69, 9.17) is 5.11 Å². The lowest BCUT2D eigenvalue weighted by atomic mass is 10.1. The number of nitrogens with zero attached hydrogens (tertiary/aromatic N) is 3. The van der Waals surface area contributed by atoms with Crippen LogP contribution in [-0.4, -0.2) is 41.0 Å². The molecule has 7 nitrogen and oxygen atoms in total. The average molecular weight is 484 g/mol. The van der Waals surface area contributed by atoms with Crippen molar-refractivity contribution >= 4 is 29.5 Å². The number of carboxylic acid groups (broad SMARTS) is 1. The normalized spacial score (nSPS) is 11.5. The summed E-state index contributed by atoms with van der Waals surface area (Å²) in [6.07, 6.45) is 0.0226. The molecule has 0 atom stereocenters. The van der Waals surface area contributed by atoms with E-state index in [0.29, 0.717) is 34.9 Å². The van der Waals surface area contributed by atoms with Gasteiger partial charge < -0.3 is 15.3 Å². The summed E-state index contributed by atoms with van der Waals surface area (Å²) in [5, 5.41) is 11.7. The lowest BCUT2D eigenvalue weighted by Gasteiger charge is -2.16. The lowest BCUT2D eigenvalue weighted by Crippen LogP contribution is -2.17. The topological polar surface area (TPSA) is 95.4 Å². The number of benzene rings is 2. The van der Waals surface area contributed by atoms with Crippen molar-refractivity contribution in [3.05, 3.63) is 88.9 Å². The molecule has 0 fully saturated rings. The van der Waals surface area contributed by atoms with E-state index >= 15 is 0 Å². The predicted octanol–water partition coefficient (Wildman–Crippen LogP) is 4.43. The van der Waals surface area contributed by atoms with Gasteiger partial charge in [0.25, 0.3) is 0 Å². The number of hydrogen-bond acceptors (Lipinski definition) is 5. The number of halogens is 3. The molecule has 0 saturated heterocycles. The van der Waals surface area contributed by atoms with Gasteiger partial charge in [-0.2, -0.15) is 13.2 Å². The second kappa shape index (κ2) is 10.8. The van der Waals surface area contributed by atoms with E-state index in [0.717, 1.165) is 17.7 Å². The van der Waals surface area contributed by atoms with Crippen LogP contribution in [0.1, 0.15) is 28.1 Å². The number of nitrogens with one attached hydrogen (secondary N) is 1. The number of hydrogen-bond donors (Lipinski definition) is 2. The molecule has 0 spiro atoms. The molecule has 0 radical (unpaired) electrons. The van der Waals surface area contributed by atoms with E-state index in [-0.39, 0.29) is 6.42 Å². The maximum atomic E-state index is 12.6. The minimum Gasteiger partial charge on any atom is -0.481 e. The molecule has 1 aromatic heterocycles. The van der Waals surface area contributed by atoms with Crippen molar-refractivity contribution in [3.63, 3.8) is 0 Å². The Morgan fingerprint density at radius 2 is 1.71 bits per heavy atom. The Kier molecular flexibility index (Phi) is 7.85. The number of carboxylic acids is 1. The van der Waals surface area contributed by atoms with Gasteiger partial charge in [0, 0.05) is 44.0 Å². The maximum absolute atomic E-state index is 12.6. The molecule has 0 unspecified atom stereocenters. The molecule has 0 aliphatic carbocycles. The largest absolute Gasteiger partial charge is 0.481 e. The number of rotatable bonds is 8. The molecule has 2 aromatic carbocycles. The second-order valence-electron chi connectivity index (χ2n) is 7.92. The molecule has 1 amide bonds. The Balaban J connectivity index is 1.61. The summed E-state index contributed by atoms with van der Waals surface area (Å²) in [5.74, 6) is -0.317. The first-order valence-corrected chi connectivity index (χ1v) is 10.5. The van der Waals surface area contributed by atoms with E-state index < -0.39 is 23.6 Å². The van der Waals surface area contributed by atoms with Crippen LogP contribution in [0.25, 0.3) is 6.08 Å². The molecule has 0 bridgehead atoms. The van der Waals surface area contributed by atoms with E-state index in [9.17, 15) is 22.8 Å². The van der Waals surface area contributed by atoms with Crippen LogP contribution in [0.3, 0.4) is 0 Å². The number of amides is 1. The van der Waals surface area contributed by atoms with Crippen LogP contribution in [0.5, 0.6) is 0 Å². The van der Waals surface area contributed by atoms with E-state index in [2.05, 4.69) is 15.3 Å². The lowest BCUT2D eigenvalue weighted by molar-refractivity contribution is -0.138. The Bertz CT molecular complexity index is 1220. The van der Waals surface area contributed by atoms with Crippen LogP contribution in [0.15, 0.2) is 60.8 Å². The molecule has 182 valence electrons. The SMILES string of the molecule is CN(C)c1nc(Cc2ccc(NC(=O)C=Cc3ccc(C(F)(F)F)cc3)cc2)ncc1CC(=O)O. The second-order valence-corrected chi connectivity index (χ2v) is 7.92. The minimum atomic E-state index is -4.41. The van der Waals surface area contributed by atoms with E-state index in [1.54, 1.807) is 43.3 Å². The fourth-order valence-corrected chi connectivity index (χ4v) is 3.22. The molecule has 3 aromatic rings. The van der Waals surface area contributed by atoms with Gasteiger partial charge in [-0.25, -0.2) is 9.97 Å². The quantitative estimate of drug-likeness (QED) is 0.460. The number of alkyl halides is 3. The summed E-state index contributed by atoms with van der Waals surface area (Å²) in [6.45, 7) is 0. The summed E-state index contributed by atoms with van der Waals surface area (Å²) in [5.41, 5.74) is 1.67. The third-order valence-electron chi connectivity index (χ3n) is 4.91. The van der Waals surface area contributed by atoms with Crippen LogP contribution >= 0.6 is 0 Å². The molecule has 35 heavy (non-hydrogen) atoms. The van der Waals surface area contributed by atoms with Crippen LogP contribution in [-0.2, 0) is 28.6 Å². The highest BCUT2D eigenvalue weighted by Gasteiger charge is 2.29. The van der Waals surface area contributed by atoms with Crippen LogP contribution < -0.4 is 10.2 Å². The van der Waals surface area contributed by atoms with Crippen LogP contribution in [0.2, 0.25) is 0 Å². The van der Waals surface area contributed by atoms with Crippen molar-refractivity contribution in [1.82, 2.24) is 9.97 Å². The van der Waals surface area contributed by atoms with Gasteiger partial charge in [-0.3, -0.25) is 9.59 Å². The van der Waals surface area contributed by atoms with Crippen LogP contribution in [0, 0.1) is 0 Å². The summed E-state index contributed by atoms with van der Waals surface area (Å²) >= 11 is 0. The number of aliphatic carboxylic acids is 1. The first-order valence-electron chi connectivity index (χ1n) is 10.5. The third-order valence-corrected chi connectivity index (χ3v) is 4.91. The number of carbonyl (C=O) groups is 2. The molecule has 2 N–H and O–H groups in total. The molecule has 1 heterocycles. The monoisotopic (exact) mass is 484 g/mol. The zero-order chi connectivity index (χ0) is 25.6. The van der Waals surface area contributed by atoms with Crippen molar-refractivity contribution in [2.45, 2.75) is 19.0 Å². The van der Waals surface area contributed by atoms with Crippen molar-refractivity contribution in [2.24, 2.45) is 0 Å². The smallest absolute Gasteiger partial charge is 0.416 e. The fraction of sp³-hybridized carbons (Fsp3) is 0.200. The average Bonchev–Trinajstić information content (AvgIpc) is 2.79. The summed E-state index contributed by atoms with van der Waals surface area (Å²) < 4.78 is 37.9. The van der Waals surface area contributed by atoms with Crippen molar-refractivity contribution < 1.29 is 27.9 Å². The highest BCUT2D eigenvalue weighted by atomic mass is 19.4. The van der Waals surface area contributed by atoms with Crippen molar-refractivity contribution in [3.8, 4) is 0 Å². The van der Waals surface area contributed by atoms with Crippen LogP contribution in [0.4, 0.5) is 24.7 Å². The molecular weight excluding hydrogens is 461 g/mol. The summed E-state index contributed by atoms with van der Waals surface area (Å²) in [7, 11) is 3.56. The third kappa shape index (κ3) is 7.39. The zero-order valence-corrected chi connectivity index (χ0v) is 19.0. The Hall–Kier alpha value is -4.21. The summed E-state index contributed by atoms with van der Waals surface area (Å²) in [6, 6.07) is 11.5. The Labute approximate surface area is 200 Å². The first-order chi connectivity index (χ1) is 16.5. The van der Waals surface area contributed by atoms with Gasteiger partial charge in [0.1, 0.15) is 11.6 Å². The van der Waals surface area contributed by atoms with Gasteiger partial charge in [-0.1, -0.05) is 24.3 Å². The maximum Gasteiger partial charge on any atom is 0.416 e. The number of aromatic nitrogens is 2. The van der Waals surface area contributed by atoms with Crippen molar-refractivity contribution in [2.75, 3.05) is 24.3 Å². The number of anilines is 2. The molecule has 0 aliphatic heterocycles. The standard InChI is InChI=1S/C25H23F3N4O3/c1-32(2)24-18(14-23(34)35)15-29-21(31-24)13-17-5-10-20(11-6-17)30-22(33)12-7-16-3-8-19(9-4-16)25(26,27)28/h3-12,15H,13-14H2,1-2H3,(H,30,33)(H,34,35). The highest BCUT2D eigenvalue weighted by molar-refractivity contribution is 6.01. The van der Waals surface area contributed by atoms with Gasteiger partial charge in [0.15, 0.2) is 0 Å². The van der Waals surface area contributed by atoms with Crippen molar-refractivity contribution in [1.29, 1.82) is 0 Å². The van der Waals surface area contributed by atoms with E-state index in [1.165, 1.54) is 30.5 Å². The highest BCUT2D eigenvalue weighted by Crippen LogP contribution is 2.29. The molecular formula is C25H23F3N4O3. The van der Waals surface area contributed by atoms with Gasteiger partial charge in [-0.15, -0.1) is 0 Å². The van der Waals surface area contributed by atoms with Gasteiger partial charge >= 0.3 is 12.1 Å². The molecule has 3 rings (SSSR count). The first kappa shape index (κ1) is 25.4. The zero-order valence-electron chi connectivity index (χ0n) is 19.0. The molecule has 10 heteroatoms. The fourth-order valence-electron chi connectivity index (χ4n) is 3.22. The minimum absolute atomic E-state index is 0.171. The Morgan fingerprint density at radius 3 is 2.29 bits per heavy atom. The number of carbonyl (C=O) groups excluding carboxylic acids is 1. The molecule has 0 aliphatic rings. The van der Waals surface area contributed by atoms with Gasteiger partial charge in [-0.05, 0) is 41.5 Å². The predicted molar refractivity (Wildman–Crippen MR) is 126 cm³/mol. The van der Waals surface area contributed by atoms with E-state index in [1.807, 2.05) is 0 Å². The Morgan fingerprint density at radius 1 is 1.06 bits per heavy atom. The van der Waals surface area contributed by atoms with Gasteiger partial charge in [0.05, 0.1) is 12.0 Å². The van der Waals surface area contributed by atoms with Gasteiger partial charge in [0.2, 0.25) is 5.91 Å². The summed E-state index contributed by atoms with van der Waals surface area (Å²) in [4.78, 5) is 33.7.